The molecule has 1 aromatic carbocycles. The van der Waals surface area contributed by atoms with Crippen molar-refractivity contribution < 1.29 is 17.3 Å². The number of rotatable bonds is 7. The van der Waals surface area contributed by atoms with Crippen LogP contribution in [0.5, 0.6) is 5.75 Å². The smallest absolute Gasteiger partial charge is 0.264 e. The van der Waals surface area contributed by atoms with Gasteiger partial charge in [-0.1, -0.05) is 23.8 Å². The van der Waals surface area contributed by atoms with Crippen molar-refractivity contribution in [3.05, 3.63) is 42.5 Å². The quantitative estimate of drug-likeness (QED) is 0.563. The number of benzene rings is 1. The molecular formula is C13H18O4S. The largest absolute Gasteiger partial charge is 0.491 e. The van der Waals surface area contributed by atoms with Gasteiger partial charge in [0.2, 0.25) is 0 Å². The van der Waals surface area contributed by atoms with Gasteiger partial charge in [-0.05, 0) is 25.5 Å². The monoisotopic (exact) mass is 270 g/mol. The maximum Gasteiger partial charge on any atom is 0.264 e. The van der Waals surface area contributed by atoms with Crippen LogP contribution in [0.4, 0.5) is 0 Å². The highest BCUT2D eigenvalue weighted by Crippen LogP contribution is 2.13. The fraction of sp³-hybridized carbons (Fsp3) is 0.385. The Morgan fingerprint density at radius 1 is 1.33 bits per heavy atom. The van der Waals surface area contributed by atoms with Crippen molar-refractivity contribution in [3.8, 4) is 5.75 Å². The van der Waals surface area contributed by atoms with Crippen molar-refractivity contribution in [1.29, 1.82) is 0 Å². The molecule has 1 atom stereocenters. The maximum atomic E-state index is 11.1. The van der Waals surface area contributed by atoms with Crippen LogP contribution in [0.25, 0.3) is 0 Å². The summed E-state index contributed by atoms with van der Waals surface area (Å²) >= 11 is 0. The molecule has 0 aliphatic rings. The molecule has 0 aromatic heterocycles. The van der Waals surface area contributed by atoms with Crippen molar-refractivity contribution in [2.75, 3.05) is 12.9 Å². The van der Waals surface area contributed by atoms with Crippen LogP contribution in [0.3, 0.4) is 0 Å². The number of aryl methyl sites for hydroxylation is 1. The first kappa shape index (κ1) is 14.7. The SMILES string of the molecule is C=CCC(COc1ccc(C)cc1)OS(C)(=O)=O. The highest BCUT2D eigenvalue weighted by atomic mass is 32.2. The van der Waals surface area contributed by atoms with Crippen molar-refractivity contribution in [3.63, 3.8) is 0 Å². The number of hydrogen-bond donors (Lipinski definition) is 0. The third kappa shape index (κ3) is 5.84. The zero-order valence-corrected chi connectivity index (χ0v) is 11.4. The lowest BCUT2D eigenvalue weighted by Gasteiger charge is -2.15. The molecule has 0 bridgehead atoms. The van der Waals surface area contributed by atoms with Gasteiger partial charge in [-0.15, -0.1) is 6.58 Å². The fourth-order valence-corrected chi connectivity index (χ4v) is 2.02. The van der Waals surface area contributed by atoms with E-state index in [1.165, 1.54) is 0 Å². The zero-order valence-electron chi connectivity index (χ0n) is 10.6. The van der Waals surface area contributed by atoms with Crippen LogP contribution in [0, 0.1) is 6.92 Å². The van der Waals surface area contributed by atoms with E-state index in [9.17, 15) is 8.42 Å². The van der Waals surface area contributed by atoms with Gasteiger partial charge < -0.3 is 4.74 Å². The van der Waals surface area contributed by atoms with Crippen molar-refractivity contribution >= 4 is 10.1 Å². The molecule has 5 heteroatoms. The molecule has 4 nitrogen and oxygen atoms in total. The third-order valence-corrected chi connectivity index (χ3v) is 2.82. The molecule has 1 rings (SSSR count). The Balaban J connectivity index is 2.56. The number of ether oxygens (including phenoxy) is 1. The summed E-state index contributed by atoms with van der Waals surface area (Å²) in [7, 11) is -3.48. The van der Waals surface area contributed by atoms with Crippen LogP contribution >= 0.6 is 0 Å². The van der Waals surface area contributed by atoms with Gasteiger partial charge in [0.1, 0.15) is 18.5 Å². The van der Waals surface area contributed by atoms with Crippen LogP contribution < -0.4 is 4.74 Å². The van der Waals surface area contributed by atoms with E-state index < -0.39 is 16.2 Å². The summed E-state index contributed by atoms with van der Waals surface area (Å²) in [6.45, 7) is 5.72. The predicted molar refractivity (Wildman–Crippen MR) is 71.2 cm³/mol. The zero-order chi connectivity index (χ0) is 13.6. The molecular weight excluding hydrogens is 252 g/mol. The van der Waals surface area contributed by atoms with E-state index in [-0.39, 0.29) is 6.61 Å². The average Bonchev–Trinajstić information content (AvgIpc) is 2.26. The molecule has 0 saturated heterocycles. The van der Waals surface area contributed by atoms with Crippen LogP contribution in [-0.2, 0) is 14.3 Å². The molecule has 0 N–H and O–H groups in total. The fourth-order valence-electron chi connectivity index (χ4n) is 1.39. The molecule has 0 aliphatic heterocycles. The van der Waals surface area contributed by atoms with Crippen LogP contribution in [-0.4, -0.2) is 27.4 Å². The molecule has 0 fully saturated rings. The van der Waals surface area contributed by atoms with Gasteiger partial charge in [0.25, 0.3) is 10.1 Å². The summed E-state index contributed by atoms with van der Waals surface area (Å²) in [5.74, 6) is 0.687. The van der Waals surface area contributed by atoms with Gasteiger partial charge in [0, 0.05) is 0 Å². The third-order valence-electron chi connectivity index (χ3n) is 2.20. The normalized spacial score (nSPS) is 13.0. The highest BCUT2D eigenvalue weighted by Gasteiger charge is 2.15. The lowest BCUT2D eigenvalue weighted by molar-refractivity contribution is 0.137. The van der Waals surface area contributed by atoms with Gasteiger partial charge in [-0.3, -0.25) is 4.18 Å². The van der Waals surface area contributed by atoms with E-state index in [0.717, 1.165) is 11.8 Å². The molecule has 100 valence electrons. The van der Waals surface area contributed by atoms with Crippen molar-refractivity contribution in [1.82, 2.24) is 0 Å². The first-order valence-corrected chi connectivity index (χ1v) is 7.41. The summed E-state index contributed by atoms with van der Waals surface area (Å²) < 4.78 is 32.5. The molecule has 0 amide bonds. The maximum absolute atomic E-state index is 11.1. The Morgan fingerprint density at radius 3 is 2.44 bits per heavy atom. The second-order valence-corrected chi connectivity index (χ2v) is 5.67. The highest BCUT2D eigenvalue weighted by molar-refractivity contribution is 7.86. The standard InChI is InChI=1S/C13H18O4S/c1-4-5-13(17-18(3,14)15)10-16-12-8-6-11(2)7-9-12/h4,6-9,13H,1,5,10H2,2-3H3. The van der Waals surface area contributed by atoms with Crippen LogP contribution in [0.15, 0.2) is 36.9 Å². The van der Waals surface area contributed by atoms with Gasteiger partial charge in [-0.2, -0.15) is 8.42 Å². The summed E-state index contributed by atoms with van der Waals surface area (Å²) in [5, 5.41) is 0. The molecule has 0 heterocycles. The summed E-state index contributed by atoms with van der Waals surface area (Å²) in [4.78, 5) is 0. The van der Waals surface area contributed by atoms with Crippen molar-refractivity contribution in [2.24, 2.45) is 0 Å². The topological polar surface area (TPSA) is 52.6 Å². The number of hydrogen-bond acceptors (Lipinski definition) is 4. The Labute approximate surface area is 108 Å². The van der Waals surface area contributed by atoms with Crippen LogP contribution in [0.2, 0.25) is 0 Å². The molecule has 0 saturated carbocycles. The van der Waals surface area contributed by atoms with E-state index in [2.05, 4.69) is 6.58 Å². The molecule has 18 heavy (non-hydrogen) atoms. The van der Waals surface area contributed by atoms with E-state index in [1.807, 2.05) is 31.2 Å². The van der Waals surface area contributed by atoms with Gasteiger partial charge >= 0.3 is 0 Å². The molecule has 0 spiro atoms. The Kier molecular flexibility index (Phi) is 5.37. The van der Waals surface area contributed by atoms with Crippen LogP contribution in [0.1, 0.15) is 12.0 Å². The Hall–Kier alpha value is -1.33. The molecule has 0 radical (unpaired) electrons. The predicted octanol–water partition coefficient (Wildman–Crippen LogP) is 2.29. The average molecular weight is 270 g/mol. The summed E-state index contributed by atoms with van der Waals surface area (Å²) in [6, 6.07) is 7.52. The Morgan fingerprint density at radius 2 is 1.94 bits per heavy atom. The van der Waals surface area contributed by atoms with Gasteiger partial charge in [0.05, 0.1) is 6.26 Å². The molecule has 0 aliphatic carbocycles. The first-order valence-electron chi connectivity index (χ1n) is 5.59. The molecule has 1 aromatic rings. The van der Waals surface area contributed by atoms with E-state index in [4.69, 9.17) is 8.92 Å². The Bertz CT molecular complexity index is 476. The second kappa shape index (κ2) is 6.56. The summed E-state index contributed by atoms with van der Waals surface area (Å²) in [5.41, 5.74) is 1.14. The van der Waals surface area contributed by atoms with Gasteiger partial charge in [0.15, 0.2) is 0 Å². The van der Waals surface area contributed by atoms with Crippen molar-refractivity contribution in [2.45, 2.75) is 19.4 Å². The van der Waals surface area contributed by atoms with E-state index >= 15 is 0 Å². The van der Waals surface area contributed by atoms with Gasteiger partial charge in [-0.25, -0.2) is 0 Å². The van der Waals surface area contributed by atoms with E-state index in [1.54, 1.807) is 6.08 Å². The minimum absolute atomic E-state index is 0.169. The molecule has 1 unspecified atom stereocenters. The first-order chi connectivity index (χ1) is 8.40. The minimum atomic E-state index is -3.48. The lowest BCUT2D eigenvalue weighted by atomic mass is 10.2. The lowest BCUT2D eigenvalue weighted by Crippen LogP contribution is -2.24. The summed E-state index contributed by atoms with van der Waals surface area (Å²) in [6.07, 6.45) is 2.50. The second-order valence-electron chi connectivity index (χ2n) is 4.07. The van der Waals surface area contributed by atoms with E-state index in [0.29, 0.717) is 12.2 Å². The minimum Gasteiger partial charge on any atom is -0.491 e.